The van der Waals surface area contributed by atoms with Crippen molar-refractivity contribution < 1.29 is 13.2 Å². The minimum Gasteiger partial charge on any atom is -0.377 e. The van der Waals surface area contributed by atoms with Crippen LogP contribution in [0.1, 0.15) is 26.7 Å². The molecule has 1 aliphatic rings. The van der Waals surface area contributed by atoms with Crippen LogP contribution in [0.5, 0.6) is 0 Å². The summed E-state index contributed by atoms with van der Waals surface area (Å²) in [5, 5.41) is 8.73. The Morgan fingerprint density at radius 3 is 2.76 bits per heavy atom. The van der Waals surface area contributed by atoms with Crippen LogP contribution in [-0.2, 0) is 14.8 Å². The second kappa shape index (κ2) is 6.34. The summed E-state index contributed by atoms with van der Waals surface area (Å²) >= 11 is 0. The van der Waals surface area contributed by atoms with E-state index < -0.39 is 10.0 Å². The molecule has 2 atom stereocenters. The molecule has 1 saturated heterocycles. The Labute approximate surface area is 103 Å². The fourth-order valence-electron chi connectivity index (χ4n) is 1.90. The lowest BCUT2D eigenvalue weighted by Gasteiger charge is -2.23. The van der Waals surface area contributed by atoms with Crippen LogP contribution in [0, 0.1) is 17.2 Å². The Kier molecular flexibility index (Phi) is 5.37. The highest BCUT2D eigenvalue weighted by molar-refractivity contribution is 7.89. The smallest absolute Gasteiger partial charge is 0.216 e. The van der Waals surface area contributed by atoms with E-state index in [-0.39, 0.29) is 24.3 Å². The van der Waals surface area contributed by atoms with E-state index in [1.165, 1.54) is 4.31 Å². The summed E-state index contributed by atoms with van der Waals surface area (Å²) in [6.45, 7) is 4.84. The molecule has 1 aliphatic heterocycles. The van der Waals surface area contributed by atoms with Gasteiger partial charge in [-0.2, -0.15) is 5.26 Å². The lowest BCUT2D eigenvalue weighted by Crippen LogP contribution is -2.38. The van der Waals surface area contributed by atoms with Gasteiger partial charge in [-0.1, -0.05) is 6.92 Å². The van der Waals surface area contributed by atoms with Gasteiger partial charge >= 0.3 is 0 Å². The lowest BCUT2D eigenvalue weighted by molar-refractivity contribution is 0.126. The Morgan fingerprint density at radius 2 is 2.29 bits per heavy atom. The molecule has 0 amide bonds. The van der Waals surface area contributed by atoms with Gasteiger partial charge in [-0.25, -0.2) is 12.7 Å². The van der Waals surface area contributed by atoms with Crippen molar-refractivity contribution >= 4 is 10.0 Å². The van der Waals surface area contributed by atoms with Crippen LogP contribution in [0.4, 0.5) is 0 Å². The van der Waals surface area contributed by atoms with Crippen LogP contribution < -0.4 is 0 Å². The predicted molar refractivity (Wildman–Crippen MR) is 64.8 cm³/mol. The first-order chi connectivity index (χ1) is 7.99. The molecule has 0 aliphatic carbocycles. The number of hydrogen-bond donors (Lipinski definition) is 0. The fraction of sp³-hybridized carbons (Fsp3) is 0.909. The summed E-state index contributed by atoms with van der Waals surface area (Å²) in [5.41, 5.74) is 0. The largest absolute Gasteiger partial charge is 0.377 e. The maximum absolute atomic E-state index is 12.1. The predicted octanol–water partition coefficient (Wildman–Crippen LogP) is 0.977. The third kappa shape index (κ3) is 4.26. The molecule has 0 saturated carbocycles. The molecule has 1 heterocycles. The summed E-state index contributed by atoms with van der Waals surface area (Å²) in [7, 11) is -3.30. The van der Waals surface area contributed by atoms with Gasteiger partial charge < -0.3 is 4.74 Å². The molecule has 17 heavy (non-hydrogen) atoms. The van der Waals surface area contributed by atoms with Crippen LogP contribution in [0.2, 0.25) is 0 Å². The van der Waals surface area contributed by atoms with E-state index in [1.54, 1.807) is 13.8 Å². The quantitative estimate of drug-likeness (QED) is 0.713. The van der Waals surface area contributed by atoms with Crippen molar-refractivity contribution in [1.82, 2.24) is 4.31 Å². The zero-order valence-corrected chi connectivity index (χ0v) is 11.2. The molecule has 1 fully saturated rings. The summed E-state index contributed by atoms with van der Waals surface area (Å²) in [6, 6.07) is 2.06. The Hall–Kier alpha value is -0.640. The number of hydrogen-bond acceptors (Lipinski definition) is 4. The fourth-order valence-corrected chi connectivity index (χ4v) is 3.69. The van der Waals surface area contributed by atoms with Gasteiger partial charge in [-0.15, -0.1) is 0 Å². The van der Waals surface area contributed by atoms with Crippen LogP contribution in [0.25, 0.3) is 0 Å². The molecule has 0 spiro atoms. The lowest BCUT2D eigenvalue weighted by atomic mass is 10.2. The minimum atomic E-state index is -3.30. The summed E-state index contributed by atoms with van der Waals surface area (Å²) in [4.78, 5) is 0. The van der Waals surface area contributed by atoms with E-state index in [0.29, 0.717) is 13.2 Å². The van der Waals surface area contributed by atoms with Crippen molar-refractivity contribution in [3.8, 4) is 6.07 Å². The molecule has 1 rings (SSSR count). The van der Waals surface area contributed by atoms with Crippen molar-refractivity contribution in [2.24, 2.45) is 5.92 Å². The topological polar surface area (TPSA) is 70.4 Å². The molecule has 0 aromatic heterocycles. The molecule has 2 unspecified atom stereocenters. The van der Waals surface area contributed by atoms with Crippen molar-refractivity contribution in [2.45, 2.75) is 32.8 Å². The average molecular weight is 260 g/mol. The monoisotopic (exact) mass is 260 g/mol. The van der Waals surface area contributed by atoms with Crippen molar-refractivity contribution in [1.29, 1.82) is 5.26 Å². The molecule has 0 aromatic carbocycles. The van der Waals surface area contributed by atoms with Gasteiger partial charge in [0.05, 0.1) is 23.8 Å². The molecule has 0 radical (unpaired) electrons. The highest BCUT2D eigenvalue weighted by Gasteiger charge is 2.28. The standard InChI is InChI=1S/C11H20N2O3S/c1-3-13(8-10(2)7-12)17(14,15)9-11-5-4-6-16-11/h10-11H,3-6,8-9H2,1-2H3. The van der Waals surface area contributed by atoms with E-state index in [1.807, 2.05) is 0 Å². The summed E-state index contributed by atoms with van der Waals surface area (Å²) < 4.78 is 30.9. The van der Waals surface area contributed by atoms with Crippen LogP contribution in [-0.4, -0.2) is 44.3 Å². The summed E-state index contributed by atoms with van der Waals surface area (Å²) in [6.07, 6.45) is 1.57. The first-order valence-corrected chi connectivity index (χ1v) is 7.59. The first-order valence-electron chi connectivity index (χ1n) is 5.98. The van der Waals surface area contributed by atoms with Gasteiger partial charge in [0, 0.05) is 19.7 Å². The molecule has 0 aromatic rings. The zero-order chi connectivity index (χ0) is 12.9. The van der Waals surface area contributed by atoms with Gasteiger partial charge in [-0.05, 0) is 19.8 Å². The van der Waals surface area contributed by atoms with Crippen molar-refractivity contribution in [3.05, 3.63) is 0 Å². The van der Waals surface area contributed by atoms with E-state index in [2.05, 4.69) is 6.07 Å². The van der Waals surface area contributed by atoms with Gasteiger partial charge in [0.15, 0.2) is 0 Å². The van der Waals surface area contributed by atoms with Gasteiger partial charge in [0.25, 0.3) is 0 Å². The van der Waals surface area contributed by atoms with E-state index >= 15 is 0 Å². The van der Waals surface area contributed by atoms with Crippen LogP contribution >= 0.6 is 0 Å². The van der Waals surface area contributed by atoms with E-state index in [9.17, 15) is 8.42 Å². The van der Waals surface area contributed by atoms with Crippen LogP contribution in [0.3, 0.4) is 0 Å². The number of ether oxygens (including phenoxy) is 1. The average Bonchev–Trinajstić information content (AvgIpc) is 2.76. The third-order valence-corrected chi connectivity index (χ3v) is 4.85. The maximum Gasteiger partial charge on any atom is 0.216 e. The van der Waals surface area contributed by atoms with Gasteiger partial charge in [0.1, 0.15) is 0 Å². The summed E-state index contributed by atoms with van der Waals surface area (Å²) in [5.74, 6) is -0.242. The molecule has 0 bridgehead atoms. The van der Waals surface area contributed by atoms with Crippen molar-refractivity contribution in [3.63, 3.8) is 0 Å². The van der Waals surface area contributed by atoms with E-state index in [0.717, 1.165) is 12.8 Å². The normalized spacial score (nSPS) is 22.6. The number of nitrogens with zero attached hydrogens (tertiary/aromatic N) is 2. The van der Waals surface area contributed by atoms with Crippen LogP contribution in [0.15, 0.2) is 0 Å². The second-order valence-electron chi connectivity index (χ2n) is 4.39. The number of sulfonamides is 1. The number of rotatable bonds is 6. The Bertz CT molecular complexity index is 369. The maximum atomic E-state index is 12.1. The molecule has 98 valence electrons. The second-order valence-corrected chi connectivity index (χ2v) is 6.41. The Morgan fingerprint density at radius 1 is 1.59 bits per heavy atom. The molecular weight excluding hydrogens is 240 g/mol. The molecule has 0 N–H and O–H groups in total. The Balaban J connectivity index is 2.62. The molecule has 5 nitrogen and oxygen atoms in total. The molecule has 6 heteroatoms. The van der Waals surface area contributed by atoms with Gasteiger partial charge in [0.2, 0.25) is 10.0 Å². The van der Waals surface area contributed by atoms with E-state index in [4.69, 9.17) is 10.00 Å². The third-order valence-electron chi connectivity index (χ3n) is 2.86. The zero-order valence-electron chi connectivity index (χ0n) is 10.4. The highest BCUT2D eigenvalue weighted by atomic mass is 32.2. The number of nitriles is 1. The minimum absolute atomic E-state index is 0.0407. The first kappa shape index (κ1) is 14.4. The highest BCUT2D eigenvalue weighted by Crippen LogP contribution is 2.16. The van der Waals surface area contributed by atoms with Crippen molar-refractivity contribution in [2.75, 3.05) is 25.4 Å². The molecular formula is C11H20N2O3S. The SMILES string of the molecule is CCN(CC(C)C#N)S(=O)(=O)CC1CCCO1. The van der Waals surface area contributed by atoms with Gasteiger partial charge in [-0.3, -0.25) is 0 Å².